The molecule has 0 heterocycles. The summed E-state index contributed by atoms with van der Waals surface area (Å²) in [6, 6.07) is 0.456. The zero-order valence-electron chi connectivity index (χ0n) is 8.61. The highest BCUT2D eigenvalue weighted by atomic mass is 35.5. The van der Waals surface area contributed by atoms with Gasteiger partial charge in [0.2, 0.25) is 0 Å². The molecule has 2 nitrogen and oxygen atoms in total. The van der Waals surface area contributed by atoms with Gasteiger partial charge in [0, 0.05) is 25.6 Å². The zero-order chi connectivity index (χ0) is 9.73. The van der Waals surface area contributed by atoms with Crippen LogP contribution in [-0.4, -0.2) is 32.2 Å². The Morgan fingerprint density at radius 3 is 2.69 bits per heavy atom. The molecule has 1 unspecified atom stereocenters. The van der Waals surface area contributed by atoms with Crippen LogP contribution in [-0.2, 0) is 4.74 Å². The van der Waals surface area contributed by atoms with Crippen molar-refractivity contribution in [2.24, 2.45) is 5.41 Å². The summed E-state index contributed by atoms with van der Waals surface area (Å²) in [7, 11) is 1.74. The van der Waals surface area contributed by atoms with Gasteiger partial charge < -0.3 is 10.1 Å². The normalized spacial score (nSPS) is 21.5. The summed E-state index contributed by atoms with van der Waals surface area (Å²) in [6.07, 6.45) is 3.83. The van der Waals surface area contributed by atoms with E-state index in [1.807, 2.05) is 0 Å². The average molecular weight is 206 g/mol. The number of hydrogen-bond donors (Lipinski definition) is 1. The second kappa shape index (κ2) is 5.18. The Bertz CT molecular complexity index is 148. The molecule has 0 amide bonds. The fourth-order valence-corrected chi connectivity index (χ4v) is 1.99. The number of hydrogen-bond acceptors (Lipinski definition) is 2. The molecular formula is C10H20ClNO. The van der Waals surface area contributed by atoms with E-state index in [0.29, 0.717) is 11.5 Å². The first kappa shape index (κ1) is 11.3. The molecular weight excluding hydrogens is 186 g/mol. The van der Waals surface area contributed by atoms with Crippen LogP contribution in [0, 0.1) is 5.41 Å². The average Bonchev–Trinajstić information content (AvgIpc) is 2.84. The molecule has 1 atom stereocenters. The monoisotopic (exact) mass is 205 g/mol. The standard InChI is InChI=1S/C10H20ClNO/c1-9(7-13-2)12-8-10(3-4-10)5-6-11/h9,12H,3-8H2,1-2H3. The molecule has 0 aromatic rings. The number of nitrogens with one attached hydrogen (secondary N) is 1. The number of rotatable bonds is 7. The number of ether oxygens (including phenoxy) is 1. The molecule has 3 heteroatoms. The van der Waals surface area contributed by atoms with Crippen LogP contribution in [0.4, 0.5) is 0 Å². The Morgan fingerprint density at radius 2 is 2.23 bits per heavy atom. The van der Waals surface area contributed by atoms with E-state index in [4.69, 9.17) is 16.3 Å². The molecule has 1 N–H and O–H groups in total. The predicted molar refractivity (Wildman–Crippen MR) is 56.3 cm³/mol. The maximum atomic E-state index is 5.75. The highest BCUT2D eigenvalue weighted by molar-refractivity contribution is 6.17. The molecule has 1 fully saturated rings. The van der Waals surface area contributed by atoms with Gasteiger partial charge >= 0.3 is 0 Å². The van der Waals surface area contributed by atoms with E-state index in [9.17, 15) is 0 Å². The summed E-state index contributed by atoms with van der Waals surface area (Å²) in [6.45, 7) is 4.04. The van der Waals surface area contributed by atoms with Crippen LogP contribution in [0.1, 0.15) is 26.2 Å². The van der Waals surface area contributed by atoms with Crippen molar-refractivity contribution in [3.63, 3.8) is 0 Å². The van der Waals surface area contributed by atoms with E-state index in [1.165, 1.54) is 12.8 Å². The molecule has 0 aromatic heterocycles. The summed E-state index contributed by atoms with van der Waals surface area (Å²) in [5, 5.41) is 3.49. The molecule has 1 aliphatic rings. The van der Waals surface area contributed by atoms with Crippen molar-refractivity contribution in [2.45, 2.75) is 32.2 Å². The smallest absolute Gasteiger partial charge is 0.0613 e. The van der Waals surface area contributed by atoms with Gasteiger partial charge in [-0.3, -0.25) is 0 Å². The Labute approximate surface area is 86.0 Å². The molecule has 0 spiro atoms. The fraction of sp³-hybridized carbons (Fsp3) is 1.00. The first-order chi connectivity index (χ1) is 6.22. The Balaban J connectivity index is 2.10. The first-order valence-corrected chi connectivity index (χ1v) is 5.54. The van der Waals surface area contributed by atoms with Crippen molar-refractivity contribution in [3.05, 3.63) is 0 Å². The summed E-state index contributed by atoms with van der Waals surface area (Å²) in [5.74, 6) is 0.792. The molecule has 13 heavy (non-hydrogen) atoms. The van der Waals surface area contributed by atoms with Crippen LogP contribution in [0.3, 0.4) is 0 Å². The summed E-state index contributed by atoms with van der Waals surface area (Å²) < 4.78 is 5.06. The van der Waals surface area contributed by atoms with Gasteiger partial charge in [0.05, 0.1) is 6.61 Å². The Kier molecular flexibility index (Phi) is 4.50. The van der Waals surface area contributed by atoms with Crippen molar-refractivity contribution in [1.82, 2.24) is 5.32 Å². The highest BCUT2D eigenvalue weighted by Crippen LogP contribution is 2.48. The maximum absolute atomic E-state index is 5.75. The van der Waals surface area contributed by atoms with Gasteiger partial charge in [0.1, 0.15) is 0 Å². The SMILES string of the molecule is COCC(C)NCC1(CCCl)CC1. The topological polar surface area (TPSA) is 21.3 Å². The van der Waals surface area contributed by atoms with Crippen LogP contribution < -0.4 is 5.32 Å². The molecule has 0 radical (unpaired) electrons. The van der Waals surface area contributed by atoms with Crippen LogP contribution in [0.25, 0.3) is 0 Å². The third kappa shape index (κ3) is 3.84. The molecule has 1 aliphatic carbocycles. The second-order valence-corrected chi connectivity index (χ2v) is 4.55. The van der Waals surface area contributed by atoms with Crippen LogP contribution in [0.5, 0.6) is 0 Å². The molecule has 0 aliphatic heterocycles. The Morgan fingerprint density at radius 1 is 1.54 bits per heavy atom. The van der Waals surface area contributed by atoms with Gasteiger partial charge in [-0.2, -0.15) is 0 Å². The van der Waals surface area contributed by atoms with E-state index in [0.717, 1.165) is 25.5 Å². The molecule has 1 rings (SSSR count). The van der Waals surface area contributed by atoms with Gasteiger partial charge in [-0.05, 0) is 31.6 Å². The van der Waals surface area contributed by atoms with Crippen molar-refractivity contribution >= 4 is 11.6 Å². The van der Waals surface area contributed by atoms with Crippen molar-refractivity contribution < 1.29 is 4.74 Å². The molecule has 78 valence electrons. The third-order valence-electron chi connectivity index (χ3n) is 2.82. The summed E-state index contributed by atoms with van der Waals surface area (Å²) in [4.78, 5) is 0. The number of halogens is 1. The number of methoxy groups -OCH3 is 1. The van der Waals surface area contributed by atoms with Gasteiger partial charge in [-0.15, -0.1) is 11.6 Å². The first-order valence-electron chi connectivity index (χ1n) is 5.01. The van der Waals surface area contributed by atoms with Crippen molar-refractivity contribution in [2.75, 3.05) is 26.1 Å². The third-order valence-corrected chi connectivity index (χ3v) is 3.01. The molecule has 0 saturated heterocycles. The minimum absolute atomic E-state index is 0.456. The minimum atomic E-state index is 0.456. The van der Waals surface area contributed by atoms with Gasteiger partial charge in [0.25, 0.3) is 0 Å². The largest absolute Gasteiger partial charge is 0.383 e. The van der Waals surface area contributed by atoms with E-state index in [2.05, 4.69) is 12.2 Å². The fourth-order valence-electron chi connectivity index (χ4n) is 1.59. The second-order valence-electron chi connectivity index (χ2n) is 4.18. The lowest BCUT2D eigenvalue weighted by Gasteiger charge is -2.18. The van der Waals surface area contributed by atoms with Gasteiger partial charge in [0.15, 0.2) is 0 Å². The molecule has 0 aromatic carbocycles. The quantitative estimate of drug-likeness (QED) is 0.643. The van der Waals surface area contributed by atoms with Crippen LogP contribution in [0.15, 0.2) is 0 Å². The van der Waals surface area contributed by atoms with E-state index < -0.39 is 0 Å². The summed E-state index contributed by atoms with van der Waals surface area (Å²) >= 11 is 5.75. The van der Waals surface area contributed by atoms with E-state index in [1.54, 1.807) is 7.11 Å². The number of alkyl halides is 1. The molecule has 1 saturated carbocycles. The van der Waals surface area contributed by atoms with Gasteiger partial charge in [-0.25, -0.2) is 0 Å². The molecule has 0 bridgehead atoms. The maximum Gasteiger partial charge on any atom is 0.0613 e. The lowest BCUT2D eigenvalue weighted by atomic mass is 10.0. The lowest BCUT2D eigenvalue weighted by Crippen LogP contribution is -2.35. The van der Waals surface area contributed by atoms with Crippen molar-refractivity contribution in [1.29, 1.82) is 0 Å². The predicted octanol–water partition coefficient (Wildman–Crippen LogP) is 2.02. The van der Waals surface area contributed by atoms with Crippen molar-refractivity contribution in [3.8, 4) is 0 Å². The minimum Gasteiger partial charge on any atom is -0.383 e. The van der Waals surface area contributed by atoms with Crippen LogP contribution >= 0.6 is 11.6 Å². The van der Waals surface area contributed by atoms with Crippen LogP contribution in [0.2, 0.25) is 0 Å². The summed E-state index contributed by atoms with van der Waals surface area (Å²) in [5.41, 5.74) is 0.531. The zero-order valence-corrected chi connectivity index (χ0v) is 9.36. The lowest BCUT2D eigenvalue weighted by molar-refractivity contribution is 0.169. The Hall–Kier alpha value is 0.210. The van der Waals surface area contributed by atoms with Gasteiger partial charge in [-0.1, -0.05) is 0 Å². The highest BCUT2D eigenvalue weighted by Gasteiger charge is 2.41. The van der Waals surface area contributed by atoms with E-state index in [-0.39, 0.29) is 0 Å². The van der Waals surface area contributed by atoms with E-state index >= 15 is 0 Å².